The topological polar surface area (TPSA) is 59.6 Å². The normalized spacial score (nSPS) is 21.5. The number of rotatable bonds is 8. The van der Waals surface area contributed by atoms with Crippen molar-refractivity contribution in [2.24, 2.45) is 0 Å². The van der Waals surface area contributed by atoms with Crippen LogP contribution in [0.5, 0.6) is 0 Å². The number of halogens is 1. The first-order chi connectivity index (χ1) is 16.5. The molecular weight excluding hydrogens is 429 g/mol. The maximum Gasteiger partial charge on any atom is 0.317 e. The predicted molar refractivity (Wildman–Crippen MR) is 134 cm³/mol. The molecular formula is C27H38FN5O. The van der Waals surface area contributed by atoms with E-state index in [2.05, 4.69) is 52.3 Å². The fourth-order valence-electron chi connectivity index (χ4n) is 4.98. The Labute approximate surface area is 202 Å². The number of hydrogen-bond donors (Lipinski definition) is 3. The van der Waals surface area contributed by atoms with Crippen molar-refractivity contribution >= 4 is 6.03 Å². The number of aryl methyl sites for hydroxylation is 1. The van der Waals surface area contributed by atoms with Gasteiger partial charge in [-0.1, -0.05) is 36.4 Å². The van der Waals surface area contributed by atoms with Crippen molar-refractivity contribution in [1.29, 1.82) is 0 Å². The second-order valence-corrected chi connectivity index (χ2v) is 9.82. The summed E-state index contributed by atoms with van der Waals surface area (Å²) >= 11 is 0. The van der Waals surface area contributed by atoms with Crippen LogP contribution >= 0.6 is 0 Å². The smallest absolute Gasteiger partial charge is 0.317 e. The summed E-state index contributed by atoms with van der Waals surface area (Å²) in [5.41, 5.74) is 10.3. The summed E-state index contributed by atoms with van der Waals surface area (Å²) < 4.78 is 13.5. The van der Waals surface area contributed by atoms with Gasteiger partial charge in [-0.2, -0.15) is 0 Å². The van der Waals surface area contributed by atoms with Crippen LogP contribution in [0.1, 0.15) is 54.8 Å². The lowest BCUT2D eigenvalue weighted by atomic mass is 9.99. The van der Waals surface area contributed by atoms with E-state index in [0.717, 1.165) is 63.8 Å². The molecule has 0 spiro atoms. The number of hydrazine groups is 1. The molecule has 0 radical (unpaired) electrons. The zero-order valence-electron chi connectivity index (χ0n) is 20.4. The monoisotopic (exact) mass is 467 g/mol. The average molecular weight is 468 g/mol. The number of nitrogens with one attached hydrogen (secondary N) is 3. The standard InChI is InChI=1S/C27H38FN5O/c1-20-7-3-4-8-22(20)19-33-15-12-24(13-16-33)29-27(34)32(2)14-6-11-25-18-26(31-30-25)21-9-5-10-23(28)17-21/h3-5,7-10,17,24-26,30-31H,6,11-16,18-19H2,1-2H3,(H,29,34). The average Bonchev–Trinajstić information content (AvgIpc) is 3.31. The summed E-state index contributed by atoms with van der Waals surface area (Å²) in [6.07, 6.45) is 4.79. The van der Waals surface area contributed by atoms with Crippen molar-refractivity contribution in [2.45, 2.75) is 63.7 Å². The van der Waals surface area contributed by atoms with E-state index in [0.29, 0.717) is 6.04 Å². The molecule has 3 N–H and O–H groups in total. The van der Waals surface area contributed by atoms with E-state index in [1.54, 1.807) is 17.0 Å². The quantitative estimate of drug-likeness (QED) is 0.547. The van der Waals surface area contributed by atoms with Crippen LogP contribution in [0.15, 0.2) is 48.5 Å². The molecule has 2 amide bonds. The van der Waals surface area contributed by atoms with E-state index in [4.69, 9.17) is 0 Å². The lowest BCUT2D eigenvalue weighted by Gasteiger charge is -2.33. The molecule has 2 aromatic carbocycles. The summed E-state index contributed by atoms with van der Waals surface area (Å²) in [5, 5.41) is 3.22. The van der Waals surface area contributed by atoms with Gasteiger partial charge in [-0.25, -0.2) is 9.18 Å². The highest BCUT2D eigenvalue weighted by Gasteiger charge is 2.26. The van der Waals surface area contributed by atoms with E-state index >= 15 is 0 Å². The summed E-state index contributed by atoms with van der Waals surface area (Å²) in [5.74, 6) is -0.202. The Morgan fingerprint density at radius 3 is 2.71 bits per heavy atom. The Hall–Kier alpha value is -2.48. The van der Waals surface area contributed by atoms with Crippen molar-refractivity contribution in [3.05, 3.63) is 71.0 Å². The van der Waals surface area contributed by atoms with Gasteiger partial charge >= 0.3 is 6.03 Å². The molecule has 2 saturated heterocycles. The molecule has 2 fully saturated rings. The van der Waals surface area contributed by atoms with Crippen LogP contribution in [-0.2, 0) is 6.54 Å². The fraction of sp³-hybridized carbons (Fsp3) is 0.519. The van der Waals surface area contributed by atoms with Crippen molar-refractivity contribution in [1.82, 2.24) is 26.0 Å². The molecule has 2 aliphatic rings. The van der Waals surface area contributed by atoms with Crippen LogP contribution in [0.3, 0.4) is 0 Å². The van der Waals surface area contributed by atoms with Gasteiger partial charge in [0.25, 0.3) is 0 Å². The van der Waals surface area contributed by atoms with Gasteiger partial charge in [0, 0.05) is 51.4 Å². The zero-order chi connectivity index (χ0) is 23.9. The van der Waals surface area contributed by atoms with Crippen molar-refractivity contribution in [3.63, 3.8) is 0 Å². The molecule has 0 aliphatic carbocycles. The Kier molecular flexibility index (Phi) is 8.53. The number of amides is 2. The van der Waals surface area contributed by atoms with E-state index in [1.165, 1.54) is 17.2 Å². The molecule has 0 bridgehead atoms. The largest absolute Gasteiger partial charge is 0.335 e. The zero-order valence-corrected chi connectivity index (χ0v) is 20.4. The Morgan fingerprint density at radius 1 is 1.15 bits per heavy atom. The Bertz CT molecular complexity index is 946. The third kappa shape index (κ3) is 6.78. The number of urea groups is 1. The van der Waals surface area contributed by atoms with Gasteiger partial charge < -0.3 is 10.2 Å². The van der Waals surface area contributed by atoms with E-state index < -0.39 is 0 Å². The van der Waals surface area contributed by atoms with Crippen LogP contribution in [0.2, 0.25) is 0 Å². The third-order valence-electron chi connectivity index (χ3n) is 7.20. The molecule has 2 aromatic rings. The molecule has 2 heterocycles. The molecule has 7 heteroatoms. The van der Waals surface area contributed by atoms with Crippen LogP contribution in [0.4, 0.5) is 9.18 Å². The Balaban J connectivity index is 1.12. The minimum Gasteiger partial charge on any atom is -0.335 e. The lowest BCUT2D eigenvalue weighted by molar-refractivity contribution is 0.173. The second-order valence-electron chi connectivity index (χ2n) is 9.82. The van der Waals surface area contributed by atoms with Gasteiger partial charge in [0.1, 0.15) is 5.82 Å². The van der Waals surface area contributed by atoms with E-state index in [1.807, 2.05) is 13.1 Å². The summed E-state index contributed by atoms with van der Waals surface area (Å²) in [6.45, 7) is 5.89. The molecule has 2 unspecified atom stereocenters. The van der Waals surface area contributed by atoms with Crippen molar-refractivity contribution in [3.8, 4) is 0 Å². The first kappa shape index (κ1) is 24.6. The first-order valence-electron chi connectivity index (χ1n) is 12.5. The SMILES string of the molecule is Cc1ccccc1CN1CCC(NC(=O)N(C)CCCC2CC(c3cccc(F)c3)NN2)CC1. The predicted octanol–water partition coefficient (Wildman–Crippen LogP) is 4.13. The minimum atomic E-state index is -0.202. The highest BCUT2D eigenvalue weighted by Crippen LogP contribution is 2.24. The molecule has 4 rings (SSSR count). The first-order valence-corrected chi connectivity index (χ1v) is 12.5. The number of piperidine rings is 1. The van der Waals surface area contributed by atoms with Crippen molar-refractivity contribution < 1.29 is 9.18 Å². The van der Waals surface area contributed by atoms with Gasteiger partial charge in [-0.15, -0.1) is 0 Å². The summed E-state index contributed by atoms with van der Waals surface area (Å²) in [4.78, 5) is 16.9. The molecule has 0 aromatic heterocycles. The maximum absolute atomic E-state index is 13.5. The van der Waals surface area contributed by atoms with Crippen molar-refractivity contribution in [2.75, 3.05) is 26.7 Å². The maximum atomic E-state index is 13.5. The van der Waals surface area contributed by atoms with Gasteiger partial charge in [-0.3, -0.25) is 15.8 Å². The van der Waals surface area contributed by atoms with E-state index in [9.17, 15) is 9.18 Å². The van der Waals surface area contributed by atoms with Crippen LogP contribution in [-0.4, -0.2) is 54.6 Å². The number of benzene rings is 2. The number of carbonyl (C=O) groups excluding carboxylic acids is 1. The number of hydrogen-bond acceptors (Lipinski definition) is 4. The molecule has 184 valence electrons. The number of carbonyl (C=O) groups is 1. The molecule has 6 nitrogen and oxygen atoms in total. The highest BCUT2D eigenvalue weighted by molar-refractivity contribution is 5.74. The summed E-state index contributed by atoms with van der Waals surface area (Å²) in [7, 11) is 1.87. The molecule has 0 saturated carbocycles. The Morgan fingerprint density at radius 2 is 1.94 bits per heavy atom. The van der Waals surface area contributed by atoms with Gasteiger partial charge in [0.15, 0.2) is 0 Å². The molecule has 2 aliphatic heterocycles. The number of nitrogens with zero attached hydrogens (tertiary/aromatic N) is 2. The van der Waals surface area contributed by atoms with Gasteiger partial charge in [0.2, 0.25) is 0 Å². The van der Waals surface area contributed by atoms with Gasteiger partial charge in [-0.05, 0) is 67.9 Å². The van der Waals surface area contributed by atoms with Crippen LogP contribution < -0.4 is 16.2 Å². The minimum absolute atomic E-state index is 0.0208. The van der Waals surface area contributed by atoms with Crippen LogP contribution in [0, 0.1) is 12.7 Å². The number of likely N-dealkylation sites (tertiary alicyclic amines) is 1. The molecule has 2 atom stereocenters. The lowest BCUT2D eigenvalue weighted by Crippen LogP contribution is -2.48. The molecule has 34 heavy (non-hydrogen) atoms. The third-order valence-corrected chi connectivity index (χ3v) is 7.20. The highest BCUT2D eigenvalue weighted by atomic mass is 19.1. The van der Waals surface area contributed by atoms with Gasteiger partial charge in [0.05, 0.1) is 0 Å². The fourth-order valence-corrected chi connectivity index (χ4v) is 4.98. The van der Waals surface area contributed by atoms with E-state index in [-0.39, 0.29) is 23.9 Å². The second kappa shape index (κ2) is 11.8. The van der Waals surface area contributed by atoms with Crippen LogP contribution in [0.25, 0.3) is 0 Å². The summed E-state index contributed by atoms with van der Waals surface area (Å²) in [6, 6.07) is 16.0.